The van der Waals surface area contributed by atoms with Gasteiger partial charge in [0.15, 0.2) is 0 Å². The summed E-state index contributed by atoms with van der Waals surface area (Å²) in [5, 5.41) is 10.1. The highest BCUT2D eigenvalue weighted by Crippen LogP contribution is 2.38. The number of aryl methyl sites for hydroxylation is 2. The molecule has 1 atom stereocenters. The molecule has 2 aromatic heterocycles. The van der Waals surface area contributed by atoms with Gasteiger partial charge in [0.2, 0.25) is 18.3 Å². The predicted octanol–water partition coefficient (Wildman–Crippen LogP) is 3.60. The minimum absolute atomic E-state index is 0.0502. The predicted molar refractivity (Wildman–Crippen MR) is 128 cm³/mol. The Labute approximate surface area is 206 Å². The van der Waals surface area contributed by atoms with Crippen molar-refractivity contribution in [2.75, 3.05) is 26.2 Å². The molecule has 3 aromatic rings. The number of carbonyl (C=O) groups excluding carboxylic acids is 1. The molecule has 6 nitrogen and oxygen atoms in total. The molecule has 1 aliphatic carbocycles. The van der Waals surface area contributed by atoms with Crippen molar-refractivity contribution in [1.82, 2.24) is 14.8 Å². The number of carbonyl (C=O) groups is 1. The second kappa shape index (κ2) is 9.41. The van der Waals surface area contributed by atoms with Gasteiger partial charge in [0, 0.05) is 58.7 Å². The molecule has 170 valence electrons. The number of piperazine rings is 1. The lowest BCUT2D eigenvalue weighted by atomic mass is 9.96. The van der Waals surface area contributed by atoms with Crippen LogP contribution in [0.5, 0.6) is 0 Å². The first-order valence-electron chi connectivity index (χ1n) is 11.1. The highest BCUT2D eigenvalue weighted by atomic mass is 79.9. The van der Waals surface area contributed by atoms with Crippen LogP contribution in [-0.2, 0) is 24.1 Å². The van der Waals surface area contributed by atoms with E-state index in [4.69, 9.17) is 16.6 Å². The summed E-state index contributed by atoms with van der Waals surface area (Å²) in [4.78, 5) is 22.1. The quantitative estimate of drug-likeness (QED) is 0.417. The number of benzene rings is 1. The molecule has 2 aliphatic rings. The number of hydrogen-bond acceptors (Lipinski definition) is 4. The third-order valence-electron chi connectivity index (χ3n) is 6.56. The number of nitrogens with zero attached hydrogens (tertiary/aromatic N) is 4. The van der Waals surface area contributed by atoms with E-state index < -0.39 is 0 Å². The molecule has 1 saturated heterocycles. The summed E-state index contributed by atoms with van der Waals surface area (Å²) >= 11 is 9.91. The largest absolute Gasteiger partial charge is 0.340 e. The Balaban J connectivity index is 1.36. The fraction of sp³-hybridized carbons (Fsp3) is 0.320. The third-order valence-corrected chi connectivity index (χ3v) is 7.23. The standard InChI is InChI=1S/C25H25BrClN4O2/c26-20-14-19-2-1-18-15-21(27)3-4-22(18)25(24(19)28-16-20)30-11-9-29(10-12-30)23(32)13-17-5-7-31(33)8-6-17/h3-8,14-16,25,33H,1-2,9-13H2/q+1/t25-/m1/s1. The molecule has 0 radical (unpaired) electrons. The average molecular weight is 529 g/mol. The van der Waals surface area contributed by atoms with Gasteiger partial charge in [0.1, 0.15) is 0 Å². The molecule has 33 heavy (non-hydrogen) atoms. The summed E-state index contributed by atoms with van der Waals surface area (Å²) in [6, 6.07) is 12.0. The number of pyridine rings is 2. The smallest absolute Gasteiger partial charge is 0.227 e. The van der Waals surface area contributed by atoms with Gasteiger partial charge in [-0.3, -0.25) is 19.9 Å². The molecule has 0 bridgehead atoms. The van der Waals surface area contributed by atoms with Gasteiger partial charge in [-0.2, -0.15) is 0 Å². The van der Waals surface area contributed by atoms with E-state index in [-0.39, 0.29) is 11.9 Å². The van der Waals surface area contributed by atoms with Crippen molar-refractivity contribution < 1.29 is 14.7 Å². The summed E-state index contributed by atoms with van der Waals surface area (Å²) in [6.45, 7) is 2.91. The first kappa shape index (κ1) is 22.3. The van der Waals surface area contributed by atoms with Crippen LogP contribution < -0.4 is 4.73 Å². The molecular formula is C25H25BrClN4O2+. The van der Waals surface area contributed by atoms with Crippen molar-refractivity contribution in [3.63, 3.8) is 0 Å². The van der Waals surface area contributed by atoms with E-state index in [0.717, 1.165) is 51.4 Å². The molecule has 3 heterocycles. The SMILES string of the molecule is O=C(Cc1cc[n+](O)cc1)N1CCN([C@@H]2c3ccc(Cl)cc3CCc3cc(Br)cnc32)CC1. The van der Waals surface area contributed by atoms with E-state index >= 15 is 0 Å². The fourth-order valence-corrected chi connectivity index (χ4v) is 5.44. The Bertz CT molecular complexity index is 1130. The van der Waals surface area contributed by atoms with Crippen LogP contribution in [0.25, 0.3) is 0 Å². The van der Waals surface area contributed by atoms with E-state index in [9.17, 15) is 10.0 Å². The Morgan fingerprint density at radius 2 is 1.82 bits per heavy atom. The van der Waals surface area contributed by atoms with Gasteiger partial charge >= 0.3 is 0 Å². The van der Waals surface area contributed by atoms with Gasteiger partial charge in [-0.1, -0.05) is 17.7 Å². The number of rotatable bonds is 3. The fourth-order valence-electron chi connectivity index (χ4n) is 4.87. The van der Waals surface area contributed by atoms with Crippen LogP contribution in [0.4, 0.5) is 0 Å². The zero-order valence-corrected chi connectivity index (χ0v) is 20.5. The van der Waals surface area contributed by atoms with Crippen LogP contribution in [-0.4, -0.2) is 52.1 Å². The van der Waals surface area contributed by atoms with Crippen molar-refractivity contribution in [2.24, 2.45) is 0 Å². The topological polar surface area (TPSA) is 60.6 Å². The van der Waals surface area contributed by atoms with E-state index in [1.807, 2.05) is 17.2 Å². The Morgan fingerprint density at radius 3 is 2.58 bits per heavy atom. The van der Waals surface area contributed by atoms with E-state index in [0.29, 0.717) is 19.5 Å². The first-order valence-corrected chi connectivity index (χ1v) is 12.3. The highest BCUT2D eigenvalue weighted by molar-refractivity contribution is 9.10. The van der Waals surface area contributed by atoms with Crippen LogP contribution in [0.2, 0.25) is 5.02 Å². The van der Waals surface area contributed by atoms with Crippen molar-refractivity contribution in [2.45, 2.75) is 25.3 Å². The van der Waals surface area contributed by atoms with Gasteiger partial charge < -0.3 is 4.90 Å². The molecule has 0 unspecified atom stereocenters. The summed E-state index contributed by atoms with van der Waals surface area (Å²) in [6.07, 6.45) is 7.15. The second-order valence-corrected chi connectivity index (χ2v) is 9.98. The Hall–Kier alpha value is -2.48. The van der Waals surface area contributed by atoms with Crippen molar-refractivity contribution >= 4 is 33.4 Å². The molecule has 8 heteroatoms. The maximum absolute atomic E-state index is 12.9. The maximum atomic E-state index is 12.9. The first-order chi connectivity index (χ1) is 16.0. The number of amides is 1. The van der Waals surface area contributed by atoms with Gasteiger partial charge in [-0.15, -0.1) is 0 Å². The molecule has 0 saturated carbocycles. The van der Waals surface area contributed by atoms with Crippen molar-refractivity contribution in [3.05, 3.63) is 92.4 Å². The molecule has 1 fully saturated rings. The van der Waals surface area contributed by atoms with E-state index in [1.165, 1.54) is 16.7 Å². The van der Waals surface area contributed by atoms with Gasteiger partial charge in [-0.05, 0) is 69.2 Å². The zero-order chi connectivity index (χ0) is 22.9. The Kier molecular flexibility index (Phi) is 6.36. The second-order valence-electron chi connectivity index (χ2n) is 8.62. The monoisotopic (exact) mass is 527 g/mol. The molecular weight excluding hydrogens is 504 g/mol. The lowest BCUT2D eigenvalue weighted by Crippen LogP contribution is -2.50. The molecule has 5 rings (SSSR count). The summed E-state index contributed by atoms with van der Waals surface area (Å²) < 4.78 is 1.97. The normalized spacial score (nSPS) is 18.4. The van der Waals surface area contributed by atoms with Crippen LogP contribution in [0.3, 0.4) is 0 Å². The van der Waals surface area contributed by atoms with Crippen LogP contribution in [0, 0.1) is 0 Å². The van der Waals surface area contributed by atoms with Crippen molar-refractivity contribution in [3.8, 4) is 0 Å². The lowest BCUT2D eigenvalue weighted by Gasteiger charge is -2.40. The summed E-state index contributed by atoms with van der Waals surface area (Å²) in [5.41, 5.74) is 5.77. The molecule has 1 aromatic carbocycles. The minimum Gasteiger partial charge on any atom is -0.340 e. The lowest BCUT2D eigenvalue weighted by molar-refractivity contribution is -0.904. The van der Waals surface area contributed by atoms with E-state index in [2.05, 4.69) is 39.0 Å². The molecule has 0 spiro atoms. The molecule has 1 aliphatic heterocycles. The molecule has 1 amide bonds. The average Bonchev–Trinajstić information content (AvgIpc) is 2.97. The number of fused-ring (bicyclic) bond motifs is 2. The maximum Gasteiger partial charge on any atom is 0.227 e. The summed E-state index contributed by atoms with van der Waals surface area (Å²) in [5.74, 6) is 0.112. The van der Waals surface area contributed by atoms with Gasteiger partial charge in [0.25, 0.3) is 0 Å². The third kappa shape index (κ3) is 4.76. The number of halogens is 2. The minimum atomic E-state index is 0.0502. The zero-order valence-electron chi connectivity index (χ0n) is 18.1. The Morgan fingerprint density at radius 1 is 1.09 bits per heavy atom. The summed E-state index contributed by atoms with van der Waals surface area (Å²) in [7, 11) is 0. The number of aromatic nitrogens is 2. The van der Waals surface area contributed by atoms with Crippen LogP contribution in [0.1, 0.15) is 34.0 Å². The van der Waals surface area contributed by atoms with Crippen LogP contribution >= 0.6 is 27.5 Å². The van der Waals surface area contributed by atoms with Crippen LogP contribution in [0.15, 0.2) is 59.5 Å². The van der Waals surface area contributed by atoms with E-state index in [1.54, 1.807) is 24.5 Å². The van der Waals surface area contributed by atoms with Gasteiger partial charge in [0.05, 0.1) is 18.2 Å². The highest BCUT2D eigenvalue weighted by Gasteiger charge is 2.33. The molecule has 1 N–H and O–H groups in total. The number of hydrogen-bond donors (Lipinski definition) is 1. The van der Waals surface area contributed by atoms with Crippen molar-refractivity contribution in [1.29, 1.82) is 0 Å². The van der Waals surface area contributed by atoms with Gasteiger partial charge in [-0.25, -0.2) is 0 Å².